The quantitative estimate of drug-likeness (QED) is 0.626. The average Bonchev–Trinajstić information content (AvgIpc) is 3.07. The number of hydrogen-bond donors (Lipinski definition) is 0. The van der Waals surface area contributed by atoms with E-state index in [0.717, 1.165) is 16.8 Å². The molecule has 25 heavy (non-hydrogen) atoms. The molecule has 128 valence electrons. The van der Waals surface area contributed by atoms with E-state index < -0.39 is 4.92 Å². The first-order valence-electron chi connectivity index (χ1n) is 8.17. The van der Waals surface area contributed by atoms with Gasteiger partial charge in [-0.25, -0.2) is 5.01 Å². The number of hydrazone groups is 1. The Hall–Kier alpha value is -3.02. The van der Waals surface area contributed by atoms with Crippen molar-refractivity contribution in [1.82, 2.24) is 5.01 Å². The van der Waals surface area contributed by atoms with Gasteiger partial charge < -0.3 is 0 Å². The van der Waals surface area contributed by atoms with E-state index in [1.165, 1.54) is 17.1 Å². The normalized spacial score (nSPS) is 16.8. The third-order valence-corrected chi connectivity index (χ3v) is 4.23. The lowest BCUT2D eigenvalue weighted by Gasteiger charge is -2.23. The summed E-state index contributed by atoms with van der Waals surface area (Å²) in [5, 5.41) is 16.9. The minimum Gasteiger partial charge on any atom is -0.273 e. The first kappa shape index (κ1) is 16.8. The van der Waals surface area contributed by atoms with Crippen molar-refractivity contribution in [2.24, 2.45) is 11.0 Å². The molecule has 0 fully saturated rings. The van der Waals surface area contributed by atoms with E-state index in [9.17, 15) is 14.9 Å². The molecule has 0 unspecified atom stereocenters. The molecule has 2 aromatic rings. The highest BCUT2D eigenvalue weighted by molar-refractivity contribution is 6.03. The predicted octanol–water partition coefficient (Wildman–Crippen LogP) is 3.93. The number of benzene rings is 2. The molecular weight excluding hydrogens is 318 g/mol. The van der Waals surface area contributed by atoms with Gasteiger partial charge in [0.2, 0.25) is 5.91 Å². The molecule has 0 spiro atoms. The molecule has 1 amide bonds. The van der Waals surface area contributed by atoms with Gasteiger partial charge in [-0.1, -0.05) is 56.3 Å². The lowest BCUT2D eigenvalue weighted by molar-refractivity contribution is -0.384. The van der Waals surface area contributed by atoms with Crippen LogP contribution in [0, 0.1) is 16.0 Å². The van der Waals surface area contributed by atoms with Crippen molar-refractivity contribution in [2.75, 3.05) is 0 Å². The van der Waals surface area contributed by atoms with Gasteiger partial charge in [0.05, 0.1) is 16.7 Å². The Kier molecular flexibility index (Phi) is 4.61. The molecule has 0 aliphatic carbocycles. The fraction of sp³-hybridized carbons (Fsp3) is 0.263. The fourth-order valence-electron chi connectivity index (χ4n) is 2.86. The summed E-state index contributed by atoms with van der Waals surface area (Å²) in [6.45, 7) is 3.68. The van der Waals surface area contributed by atoms with E-state index in [0.29, 0.717) is 6.42 Å². The van der Waals surface area contributed by atoms with Gasteiger partial charge in [0, 0.05) is 24.5 Å². The number of amides is 1. The molecule has 0 saturated heterocycles. The number of nitro groups is 1. The monoisotopic (exact) mass is 337 g/mol. The second kappa shape index (κ2) is 6.84. The largest absolute Gasteiger partial charge is 0.273 e. The molecule has 6 heteroatoms. The van der Waals surface area contributed by atoms with Crippen LogP contribution in [0.5, 0.6) is 0 Å². The maximum absolute atomic E-state index is 12.6. The Morgan fingerprint density at radius 2 is 1.80 bits per heavy atom. The van der Waals surface area contributed by atoms with Gasteiger partial charge in [0.1, 0.15) is 0 Å². The molecule has 2 aromatic carbocycles. The lowest BCUT2D eigenvalue weighted by Crippen LogP contribution is -2.30. The van der Waals surface area contributed by atoms with E-state index in [-0.39, 0.29) is 23.6 Å². The number of rotatable bonds is 4. The summed E-state index contributed by atoms with van der Waals surface area (Å²) in [7, 11) is 0. The lowest BCUT2D eigenvalue weighted by atomic mass is 9.98. The third-order valence-electron chi connectivity index (χ3n) is 4.23. The van der Waals surface area contributed by atoms with E-state index in [2.05, 4.69) is 5.10 Å². The van der Waals surface area contributed by atoms with Crippen LogP contribution in [0.25, 0.3) is 0 Å². The molecule has 0 aromatic heterocycles. The first-order chi connectivity index (χ1) is 12.0. The highest BCUT2D eigenvalue weighted by Crippen LogP contribution is 2.34. The van der Waals surface area contributed by atoms with Crippen molar-refractivity contribution in [1.29, 1.82) is 0 Å². The molecule has 1 aliphatic heterocycles. The Labute approximate surface area is 145 Å². The topological polar surface area (TPSA) is 75.8 Å². The van der Waals surface area contributed by atoms with Crippen molar-refractivity contribution in [3.05, 3.63) is 75.8 Å². The number of nitro benzene ring substituents is 1. The summed E-state index contributed by atoms with van der Waals surface area (Å²) in [6.07, 6.45) is 0.584. The fourth-order valence-corrected chi connectivity index (χ4v) is 2.86. The standard InChI is InChI=1S/C19H19N3O3/c1-13(2)19(23)21-18(15-8-10-16(11-9-15)22(24)25)12-17(20-21)14-6-4-3-5-7-14/h3-11,13,18H,12H2,1-2H3/t18-/m0/s1. The van der Waals surface area contributed by atoms with Crippen molar-refractivity contribution in [2.45, 2.75) is 26.3 Å². The van der Waals surface area contributed by atoms with Gasteiger partial charge in [0.15, 0.2) is 0 Å². The number of nitrogens with zero attached hydrogens (tertiary/aromatic N) is 3. The van der Waals surface area contributed by atoms with Crippen LogP contribution < -0.4 is 0 Å². The van der Waals surface area contributed by atoms with Crippen LogP contribution in [-0.4, -0.2) is 21.6 Å². The van der Waals surface area contributed by atoms with Crippen LogP contribution in [0.15, 0.2) is 59.7 Å². The number of non-ortho nitro benzene ring substituents is 1. The van der Waals surface area contributed by atoms with E-state index in [1.54, 1.807) is 12.1 Å². The van der Waals surface area contributed by atoms with Gasteiger partial charge in [0.25, 0.3) is 5.69 Å². The molecule has 1 heterocycles. The van der Waals surface area contributed by atoms with Crippen LogP contribution in [0.1, 0.15) is 37.4 Å². The molecule has 0 saturated carbocycles. The molecule has 3 rings (SSSR count). The van der Waals surface area contributed by atoms with Crippen molar-refractivity contribution in [3.63, 3.8) is 0 Å². The van der Waals surface area contributed by atoms with E-state index in [1.807, 2.05) is 44.2 Å². The summed E-state index contributed by atoms with van der Waals surface area (Å²) in [5.41, 5.74) is 2.70. The Morgan fingerprint density at radius 1 is 1.16 bits per heavy atom. The predicted molar refractivity (Wildman–Crippen MR) is 95.1 cm³/mol. The Morgan fingerprint density at radius 3 is 2.36 bits per heavy atom. The zero-order chi connectivity index (χ0) is 18.0. The van der Waals surface area contributed by atoms with Gasteiger partial charge in [-0.2, -0.15) is 5.10 Å². The summed E-state index contributed by atoms with van der Waals surface area (Å²) in [4.78, 5) is 23.0. The van der Waals surface area contributed by atoms with E-state index in [4.69, 9.17) is 0 Å². The van der Waals surface area contributed by atoms with Gasteiger partial charge in [-0.05, 0) is 11.1 Å². The molecule has 0 bridgehead atoms. The molecular formula is C19H19N3O3. The second-order valence-corrected chi connectivity index (χ2v) is 6.32. The van der Waals surface area contributed by atoms with Crippen LogP contribution in [0.2, 0.25) is 0 Å². The highest BCUT2D eigenvalue weighted by atomic mass is 16.6. The summed E-state index contributed by atoms with van der Waals surface area (Å²) in [5.74, 6) is -0.242. The first-order valence-corrected chi connectivity index (χ1v) is 8.17. The van der Waals surface area contributed by atoms with Crippen molar-refractivity contribution < 1.29 is 9.72 Å². The van der Waals surface area contributed by atoms with Crippen molar-refractivity contribution in [3.8, 4) is 0 Å². The molecule has 1 aliphatic rings. The Balaban J connectivity index is 1.94. The van der Waals surface area contributed by atoms with Crippen molar-refractivity contribution >= 4 is 17.3 Å². The zero-order valence-electron chi connectivity index (χ0n) is 14.1. The second-order valence-electron chi connectivity index (χ2n) is 6.32. The molecule has 6 nitrogen and oxygen atoms in total. The minimum atomic E-state index is -0.429. The SMILES string of the molecule is CC(C)C(=O)N1N=C(c2ccccc2)C[C@H]1c1ccc([N+](=O)[O-])cc1. The van der Waals surface area contributed by atoms with Gasteiger partial charge in [-0.3, -0.25) is 14.9 Å². The number of hydrogen-bond acceptors (Lipinski definition) is 4. The summed E-state index contributed by atoms with van der Waals surface area (Å²) in [6, 6.07) is 15.8. The molecule has 1 atom stereocenters. The number of carbonyl (C=O) groups is 1. The summed E-state index contributed by atoms with van der Waals surface area (Å²) < 4.78 is 0. The highest BCUT2D eigenvalue weighted by Gasteiger charge is 2.34. The smallest absolute Gasteiger partial charge is 0.269 e. The van der Waals surface area contributed by atoms with Crippen LogP contribution in [0.4, 0.5) is 5.69 Å². The van der Waals surface area contributed by atoms with E-state index >= 15 is 0 Å². The Bertz CT molecular complexity index is 814. The van der Waals surface area contributed by atoms with Gasteiger partial charge >= 0.3 is 0 Å². The van der Waals surface area contributed by atoms with Crippen LogP contribution >= 0.6 is 0 Å². The maximum atomic E-state index is 12.6. The number of carbonyl (C=O) groups excluding carboxylic acids is 1. The molecule has 0 N–H and O–H groups in total. The van der Waals surface area contributed by atoms with Crippen LogP contribution in [0.3, 0.4) is 0 Å². The third kappa shape index (κ3) is 3.42. The maximum Gasteiger partial charge on any atom is 0.269 e. The molecule has 0 radical (unpaired) electrons. The summed E-state index contributed by atoms with van der Waals surface area (Å²) >= 11 is 0. The average molecular weight is 337 g/mol. The van der Waals surface area contributed by atoms with Crippen LogP contribution in [-0.2, 0) is 4.79 Å². The zero-order valence-corrected chi connectivity index (χ0v) is 14.1. The minimum absolute atomic E-state index is 0.0349. The van der Waals surface area contributed by atoms with Gasteiger partial charge in [-0.15, -0.1) is 0 Å².